The molecule has 226 valence electrons. The Morgan fingerprint density at radius 1 is 0.870 bits per heavy atom. The Morgan fingerprint density at radius 3 is 2.30 bits per heavy atom. The summed E-state index contributed by atoms with van der Waals surface area (Å²) in [5, 5.41) is 4.42. The molecule has 10 heteroatoms. The van der Waals surface area contributed by atoms with E-state index >= 15 is 0 Å². The van der Waals surface area contributed by atoms with Crippen molar-refractivity contribution in [3.63, 3.8) is 0 Å². The molecule has 2 aromatic carbocycles. The Kier molecular flexibility index (Phi) is 7.59. The van der Waals surface area contributed by atoms with Crippen LogP contribution in [0.1, 0.15) is 24.2 Å². The summed E-state index contributed by atoms with van der Waals surface area (Å²) in [7, 11) is 1.63. The second-order valence-corrected chi connectivity index (χ2v) is 10.8. The van der Waals surface area contributed by atoms with E-state index in [1.54, 1.807) is 31.8 Å². The molecule has 7 aromatic rings. The normalized spacial score (nSPS) is 11.9. The first-order chi connectivity index (χ1) is 22.5. The van der Waals surface area contributed by atoms with Crippen molar-refractivity contribution < 1.29 is 9.13 Å². The summed E-state index contributed by atoms with van der Waals surface area (Å²) in [5.74, 6) is 0.759. The third kappa shape index (κ3) is 5.41. The molecule has 7 rings (SSSR count). The molecular formula is C36H28FN7O2. The van der Waals surface area contributed by atoms with Crippen LogP contribution in [0.4, 0.5) is 10.2 Å². The van der Waals surface area contributed by atoms with Crippen LogP contribution in [0.25, 0.3) is 44.5 Å². The van der Waals surface area contributed by atoms with Crippen molar-refractivity contribution >= 4 is 27.8 Å². The average Bonchev–Trinajstić information content (AvgIpc) is 3.09. The molecule has 0 fully saturated rings. The summed E-state index contributed by atoms with van der Waals surface area (Å²) in [6, 6.07) is 24.5. The number of ether oxygens (including phenoxy) is 1. The maximum absolute atomic E-state index is 14.7. The molecule has 1 N–H and O–H groups in total. The van der Waals surface area contributed by atoms with E-state index in [9.17, 15) is 9.18 Å². The highest BCUT2D eigenvalue weighted by Crippen LogP contribution is 2.41. The van der Waals surface area contributed by atoms with Crippen LogP contribution in [0.15, 0.2) is 115 Å². The first-order valence-corrected chi connectivity index (χ1v) is 14.7. The number of fused-ring (bicyclic) bond motifs is 2. The molecule has 0 aliphatic rings. The van der Waals surface area contributed by atoms with Gasteiger partial charge in [0.1, 0.15) is 34.7 Å². The molecule has 0 bridgehead atoms. The summed E-state index contributed by atoms with van der Waals surface area (Å²) in [5.41, 5.74) is 5.26. The summed E-state index contributed by atoms with van der Waals surface area (Å²) < 4.78 is 21.9. The second kappa shape index (κ2) is 12.2. The SMILES string of the molecule is COc1ccc(Cn2ccc(=O)c3c(NC(C)c4nc5ccc(F)cc5c(-c5ccccn5)c4-c4ccccn4)ncnc32)cc1. The minimum Gasteiger partial charge on any atom is -0.497 e. The number of benzene rings is 2. The number of nitrogens with zero attached hydrogens (tertiary/aromatic N) is 6. The fraction of sp³-hybridized carbons (Fsp3) is 0.111. The molecule has 9 nitrogen and oxygen atoms in total. The molecule has 0 spiro atoms. The van der Waals surface area contributed by atoms with E-state index in [0.717, 1.165) is 11.3 Å². The van der Waals surface area contributed by atoms with Gasteiger partial charge >= 0.3 is 0 Å². The molecule has 46 heavy (non-hydrogen) atoms. The van der Waals surface area contributed by atoms with Gasteiger partial charge < -0.3 is 14.6 Å². The number of hydrogen-bond donors (Lipinski definition) is 1. The highest BCUT2D eigenvalue weighted by Gasteiger charge is 2.25. The van der Waals surface area contributed by atoms with Crippen molar-refractivity contribution in [2.45, 2.75) is 19.5 Å². The Balaban J connectivity index is 1.38. The average molecular weight is 610 g/mol. The van der Waals surface area contributed by atoms with Crippen molar-refractivity contribution in [1.82, 2.24) is 29.5 Å². The minimum absolute atomic E-state index is 0.211. The largest absolute Gasteiger partial charge is 0.497 e. The van der Waals surface area contributed by atoms with Gasteiger partial charge in [0.25, 0.3) is 0 Å². The van der Waals surface area contributed by atoms with Gasteiger partial charge in [0.15, 0.2) is 5.43 Å². The predicted molar refractivity (Wildman–Crippen MR) is 176 cm³/mol. The maximum atomic E-state index is 14.7. The molecule has 0 aliphatic carbocycles. The fourth-order valence-corrected chi connectivity index (χ4v) is 5.69. The Bertz CT molecular complexity index is 2240. The zero-order valence-corrected chi connectivity index (χ0v) is 25.1. The van der Waals surface area contributed by atoms with E-state index in [1.165, 1.54) is 24.5 Å². The number of anilines is 1. The van der Waals surface area contributed by atoms with Crippen molar-refractivity contribution in [2.24, 2.45) is 0 Å². The lowest BCUT2D eigenvalue weighted by atomic mass is 9.92. The fourth-order valence-electron chi connectivity index (χ4n) is 5.69. The van der Waals surface area contributed by atoms with Gasteiger partial charge in [-0.3, -0.25) is 14.8 Å². The molecule has 0 aliphatic heterocycles. The highest BCUT2D eigenvalue weighted by atomic mass is 19.1. The molecule has 5 aromatic heterocycles. The monoisotopic (exact) mass is 609 g/mol. The number of aromatic nitrogens is 6. The van der Waals surface area contributed by atoms with Gasteiger partial charge in [-0.25, -0.2) is 19.3 Å². The lowest BCUT2D eigenvalue weighted by Gasteiger charge is -2.22. The Hall–Kier alpha value is -6.03. The maximum Gasteiger partial charge on any atom is 0.194 e. The topological polar surface area (TPSA) is 108 Å². The zero-order valence-electron chi connectivity index (χ0n) is 25.1. The summed E-state index contributed by atoms with van der Waals surface area (Å²) in [6.45, 7) is 2.44. The highest BCUT2D eigenvalue weighted by molar-refractivity contribution is 6.02. The number of nitrogens with one attached hydrogen (secondary N) is 1. The van der Waals surface area contributed by atoms with Gasteiger partial charge in [-0.1, -0.05) is 24.3 Å². The molecule has 1 unspecified atom stereocenters. The second-order valence-electron chi connectivity index (χ2n) is 10.8. The zero-order chi connectivity index (χ0) is 31.6. The number of pyridine rings is 4. The van der Waals surface area contributed by atoms with Crippen LogP contribution in [-0.2, 0) is 6.54 Å². The van der Waals surface area contributed by atoms with Gasteiger partial charge in [-0.05, 0) is 67.1 Å². The molecule has 0 saturated heterocycles. The number of hydrogen-bond acceptors (Lipinski definition) is 8. The van der Waals surface area contributed by atoms with Crippen LogP contribution in [0.2, 0.25) is 0 Å². The number of rotatable bonds is 8. The molecule has 0 radical (unpaired) electrons. The lowest BCUT2D eigenvalue weighted by molar-refractivity contribution is 0.414. The van der Waals surface area contributed by atoms with Gasteiger partial charge in [0, 0.05) is 47.7 Å². The van der Waals surface area contributed by atoms with Gasteiger partial charge in [-0.15, -0.1) is 0 Å². The predicted octanol–water partition coefficient (Wildman–Crippen LogP) is 6.83. The van der Waals surface area contributed by atoms with Gasteiger partial charge in [-0.2, -0.15) is 0 Å². The van der Waals surface area contributed by atoms with Crippen LogP contribution in [0.3, 0.4) is 0 Å². The first kappa shape index (κ1) is 28.7. The van der Waals surface area contributed by atoms with Crippen molar-refractivity contribution in [3.8, 4) is 28.3 Å². The van der Waals surface area contributed by atoms with E-state index in [2.05, 4.69) is 25.3 Å². The molecule has 5 heterocycles. The van der Waals surface area contributed by atoms with E-state index in [4.69, 9.17) is 9.72 Å². The van der Waals surface area contributed by atoms with Crippen LogP contribution < -0.4 is 15.5 Å². The van der Waals surface area contributed by atoms with Crippen LogP contribution in [0, 0.1) is 5.82 Å². The first-order valence-electron chi connectivity index (χ1n) is 14.7. The van der Waals surface area contributed by atoms with Crippen molar-refractivity contribution in [2.75, 3.05) is 12.4 Å². The summed E-state index contributed by atoms with van der Waals surface area (Å²) >= 11 is 0. The summed E-state index contributed by atoms with van der Waals surface area (Å²) in [6.07, 6.45) is 6.58. The Labute approximate surface area is 263 Å². The Morgan fingerprint density at radius 2 is 1.61 bits per heavy atom. The van der Waals surface area contributed by atoms with Gasteiger partial charge in [0.2, 0.25) is 0 Å². The van der Waals surface area contributed by atoms with E-state index in [-0.39, 0.29) is 11.2 Å². The molecular weight excluding hydrogens is 581 g/mol. The van der Waals surface area contributed by atoms with Crippen molar-refractivity contribution in [1.29, 1.82) is 0 Å². The van der Waals surface area contributed by atoms with E-state index in [1.807, 2.05) is 72.2 Å². The number of methoxy groups -OCH3 is 1. The third-order valence-corrected chi connectivity index (χ3v) is 7.84. The number of halogens is 1. The molecule has 0 saturated carbocycles. The smallest absolute Gasteiger partial charge is 0.194 e. The quantitative estimate of drug-likeness (QED) is 0.200. The minimum atomic E-state index is -0.471. The third-order valence-electron chi connectivity index (χ3n) is 7.84. The van der Waals surface area contributed by atoms with Crippen LogP contribution >= 0.6 is 0 Å². The van der Waals surface area contributed by atoms with Crippen LogP contribution in [-0.4, -0.2) is 36.6 Å². The standard InChI is InChI=1S/C36H28FN7O2/c1-22(42-35-33-30(45)15-18-44(36(33)41-21-40-35)20-23-9-12-25(46-2)13-10-23)34-32(29-8-4-6-17-39-29)31(28-7-3-5-16-38-28)26-19-24(37)11-14-27(26)43-34/h3-19,21-22H,20H2,1-2H3,(H,40,41,42). The molecule has 1 atom stereocenters. The molecule has 0 amide bonds. The van der Waals surface area contributed by atoms with E-state index < -0.39 is 6.04 Å². The lowest BCUT2D eigenvalue weighted by Crippen LogP contribution is -2.17. The van der Waals surface area contributed by atoms with E-state index in [0.29, 0.717) is 62.5 Å². The van der Waals surface area contributed by atoms with Gasteiger partial charge in [0.05, 0.1) is 35.8 Å². The van der Waals surface area contributed by atoms with Crippen LogP contribution in [0.5, 0.6) is 5.75 Å². The summed E-state index contributed by atoms with van der Waals surface area (Å²) in [4.78, 5) is 36.7. The van der Waals surface area contributed by atoms with Crippen molar-refractivity contribution in [3.05, 3.63) is 137 Å².